The number of nitrogens with zero attached hydrogens (tertiary/aromatic N) is 2. The van der Waals surface area contributed by atoms with E-state index in [9.17, 15) is 5.26 Å². The molecule has 8 aromatic rings. The summed E-state index contributed by atoms with van der Waals surface area (Å²) < 4.78 is 0. The number of fused-ring (bicyclic) bond motifs is 14. The fourth-order valence-corrected chi connectivity index (χ4v) is 8.49. The normalized spacial score (nSPS) is 15.0. The van der Waals surface area contributed by atoms with Crippen molar-refractivity contribution in [1.29, 1.82) is 5.26 Å². The number of benzene rings is 7. The van der Waals surface area contributed by atoms with Gasteiger partial charge in [0, 0.05) is 17.3 Å². The van der Waals surface area contributed by atoms with Crippen LogP contribution < -0.4 is 0 Å². The molecule has 7 aromatic carbocycles. The summed E-state index contributed by atoms with van der Waals surface area (Å²) >= 11 is 0. The van der Waals surface area contributed by atoms with Gasteiger partial charge in [0.15, 0.2) is 0 Å². The fourth-order valence-electron chi connectivity index (χ4n) is 8.49. The van der Waals surface area contributed by atoms with E-state index in [1.54, 1.807) is 0 Å². The van der Waals surface area contributed by atoms with Crippen LogP contribution in [0.3, 0.4) is 0 Å². The molecule has 1 spiro atoms. The second kappa shape index (κ2) is 10.5. The van der Waals surface area contributed by atoms with Crippen LogP contribution in [0.5, 0.6) is 0 Å². The van der Waals surface area contributed by atoms with E-state index in [0.29, 0.717) is 5.56 Å². The van der Waals surface area contributed by atoms with E-state index in [2.05, 4.69) is 146 Å². The predicted octanol–water partition coefficient (Wildman–Crippen LogP) is 11.5. The van der Waals surface area contributed by atoms with Gasteiger partial charge in [-0.2, -0.15) is 5.26 Å². The Hall–Kier alpha value is -6.56. The van der Waals surface area contributed by atoms with E-state index in [0.717, 1.165) is 22.4 Å². The van der Waals surface area contributed by atoms with E-state index >= 15 is 0 Å². The number of rotatable bonds is 2. The number of hydrogen-bond donors (Lipinski definition) is 0. The van der Waals surface area contributed by atoms with E-state index in [1.165, 1.54) is 66.4 Å². The van der Waals surface area contributed by atoms with E-state index in [-0.39, 0.29) is 0 Å². The molecule has 2 heteroatoms. The van der Waals surface area contributed by atoms with Crippen molar-refractivity contribution in [2.75, 3.05) is 0 Å². The highest BCUT2D eigenvalue weighted by molar-refractivity contribution is 6.06. The lowest BCUT2D eigenvalue weighted by Crippen LogP contribution is -2.29. The zero-order valence-corrected chi connectivity index (χ0v) is 26.6. The molecular weight excluding hydrogens is 593 g/mol. The third-order valence-corrected chi connectivity index (χ3v) is 10.6. The van der Waals surface area contributed by atoms with Crippen LogP contribution in [0.4, 0.5) is 0 Å². The van der Waals surface area contributed by atoms with Crippen LogP contribution in [-0.4, -0.2) is 4.98 Å². The second-order valence-electron chi connectivity index (χ2n) is 13.0. The molecule has 0 fully saturated rings. The topological polar surface area (TPSA) is 36.7 Å². The Morgan fingerprint density at radius 2 is 1.06 bits per heavy atom. The van der Waals surface area contributed by atoms with Gasteiger partial charge in [-0.15, -0.1) is 0 Å². The zero-order chi connectivity index (χ0) is 32.5. The lowest BCUT2D eigenvalue weighted by molar-refractivity contribution is 0.776. The van der Waals surface area contributed by atoms with Gasteiger partial charge < -0.3 is 0 Å². The summed E-state index contributed by atoms with van der Waals surface area (Å²) in [5.74, 6) is 0. The maximum atomic E-state index is 9.24. The molecule has 2 aliphatic carbocycles. The minimum absolute atomic E-state index is 0.549. The molecule has 0 bridgehead atoms. The standard InChI is InChI=1S/C47H28N2/c48-28-30-17-19-32(20-18-30)45-26-23-34(29-49-45)33-21-24-39-37-12-4-3-11-36(37)38-13-5-7-15-41(38)47(44(39)27-33)42-16-8-6-14-40(42)46-35-10-2-1-9-31(35)22-25-43(46)47/h1-27,29H. The number of pyridine rings is 1. The maximum absolute atomic E-state index is 9.24. The first-order chi connectivity index (χ1) is 24.3. The van der Waals surface area contributed by atoms with Crippen molar-refractivity contribution in [1.82, 2.24) is 4.98 Å². The summed E-state index contributed by atoms with van der Waals surface area (Å²) in [5.41, 5.74) is 17.0. The molecular formula is C47H28N2. The summed E-state index contributed by atoms with van der Waals surface area (Å²) in [4.78, 5) is 4.90. The summed E-state index contributed by atoms with van der Waals surface area (Å²) in [6, 6.07) is 61.5. The summed E-state index contributed by atoms with van der Waals surface area (Å²) in [6.07, 6.45) is 1.98. The molecule has 0 aliphatic heterocycles. The molecule has 226 valence electrons. The van der Waals surface area contributed by atoms with Crippen molar-refractivity contribution in [3.8, 4) is 61.8 Å². The lowest BCUT2D eigenvalue weighted by Gasteiger charge is -2.35. The predicted molar refractivity (Wildman–Crippen MR) is 199 cm³/mol. The van der Waals surface area contributed by atoms with Crippen molar-refractivity contribution < 1.29 is 0 Å². The average Bonchev–Trinajstić information content (AvgIpc) is 3.43. The van der Waals surface area contributed by atoms with Crippen molar-refractivity contribution in [2.24, 2.45) is 0 Å². The van der Waals surface area contributed by atoms with Gasteiger partial charge in [0.25, 0.3) is 0 Å². The Labute approximate surface area is 285 Å². The molecule has 0 amide bonds. The van der Waals surface area contributed by atoms with Crippen LogP contribution in [-0.2, 0) is 5.41 Å². The van der Waals surface area contributed by atoms with E-state index in [4.69, 9.17) is 4.98 Å². The van der Waals surface area contributed by atoms with Crippen LogP contribution in [0.25, 0.3) is 66.5 Å². The average molecular weight is 621 g/mol. The molecule has 1 heterocycles. The van der Waals surface area contributed by atoms with Crippen LogP contribution >= 0.6 is 0 Å². The molecule has 2 nitrogen and oxygen atoms in total. The first kappa shape index (κ1) is 27.5. The number of hydrogen-bond acceptors (Lipinski definition) is 2. The van der Waals surface area contributed by atoms with Gasteiger partial charge >= 0.3 is 0 Å². The first-order valence-corrected chi connectivity index (χ1v) is 16.7. The van der Waals surface area contributed by atoms with Crippen LogP contribution in [0.2, 0.25) is 0 Å². The molecule has 0 saturated carbocycles. The Kier molecular flexibility index (Phi) is 5.89. The van der Waals surface area contributed by atoms with Gasteiger partial charge in [0.2, 0.25) is 0 Å². The van der Waals surface area contributed by atoms with Gasteiger partial charge in [0.05, 0.1) is 22.7 Å². The van der Waals surface area contributed by atoms with Crippen LogP contribution in [0.15, 0.2) is 170 Å². The van der Waals surface area contributed by atoms with Gasteiger partial charge in [-0.05, 0) is 96.2 Å². The highest BCUT2D eigenvalue weighted by Crippen LogP contribution is 2.62. The van der Waals surface area contributed by atoms with Crippen LogP contribution in [0, 0.1) is 11.3 Å². The lowest BCUT2D eigenvalue weighted by atomic mass is 9.65. The Balaban J connectivity index is 1.28. The van der Waals surface area contributed by atoms with Gasteiger partial charge in [-0.1, -0.05) is 140 Å². The Bertz CT molecular complexity index is 2660. The van der Waals surface area contributed by atoms with Crippen molar-refractivity contribution >= 4 is 10.8 Å². The molecule has 10 rings (SSSR count). The van der Waals surface area contributed by atoms with Crippen LogP contribution in [0.1, 0.15) is 27.8 Å². The van der Waals surface area contributed by atoms with E-state index < -0.39 is 5.41 Å². The van der Waals surface area contributed by atoms with Crippen molar-refractivity contribution in [3.63, 3.8) is 0 Å². The quantitative estimate of drug-likeness (QED) is 0.193. The highest BCUT2D eigenvalue weighted by atomic mass is 14.7. The van der Waals surface area contributed by atoms with Crippen molar-refractivity contribution in [3.05, 3.63) is 198 Å². The Morgan fingerprint density at radius 1 is 0.449 bits per heavy atom. The van der Waals surface area contributed by atoms with Gasteiger partial charge in [-0.25, -0.2) is 0 Å². The van der Waals surface area contributed by atoms with Gasteiger partial charge in [-0.3, -0.25) is 4.98 Å². The monoisotopic (exact) mass is 620 g/mol. The molecule has 0 radical (unpaired) electrons. The SMILES string of the molecule is N#Cc1ccc(-c2ccc(-c3ccc4c(c3)C3(c5ccccc5-c5ccccc5-4)c4ccccc4-c4c3ccc3ccccc43)cn2)cc1. The number of nitriles is 1. The van der Waals surface area contributed by atoms with Crippen molar-refractivity contribution in [2.45, 2.75) is 5.41 Å². The Morgan fingerprint density at radius 3 is 1.80 bits per heavy atom. The smallest absolute Gasteiger partial charge is 0.0991 e. The third kappa shape index (κ3) is 3.85. The van der Waals surface area contributed by atoms with Gasteiger partial charge in [0.1, 0.15) is 0 Å². The molecule has 0 saturated heterocycles. The fraction of sp³-hybridized carbons (Fsp3) is 0.0213. The largest absolute Gasteiger partial charge is 0.256 e. The highest BCUT2D eigenvalue weighted by Gasteiger charge is 2.50. The second-order valence-corrected chi connectivity index (χ2v) is 13.0. The third-order valence-electron chi connectivity index (χ3n) is 10.6. The molecule has 1 aromatic heterocycles. The minimum atomic E-state index is -0.549. The summed E-state index contributed by atoms with van der Waals surface area (Å²) in [5, 5.41) is 11.8. The van der Waals surface area contributed by atoms with E-state index in [1.807, 2.05) is 30.5 Å². The summed E-state index contributed by atoms with van der Waals surface area (Å²) in [6.45, 7) is 0. The molecule has 0 N–H and O–H groups in total. The minimum Gasteiger partial charge on any atom is -0.256 e. The maximum Gasteiger partial charge on any atom is 0.0991 e. The first-order valence-electron chi connectivity index (χ1n) is 16.7. The molecule has 2 aliphatic rings. The number of aromatic nitrogens is 1. The molecule has 1 atom stereocenters. The molecule has 49 heavy (non-hydrogen) atoms. The molecule has 1 unspecified atom stereocenters. The zero-order valence-electron chi connectivity index (χ0n) is 26.6. The summed E-state index contributed by atoms with van der Waals surface area (Å²) in [7, 11) is 0.